The monoisotopic (exact) mass is 570 g/mol. The van der Waals surface area contributed by atoms with Gasteiger partial charge in [-0.25, -0.2) is 0 Å². The van der Waals surface area contributed by atoms with Crippen molar-refractivity contribution >= 4 is 33.4 Å². The lowest BCUT2D eigenvalue weighted by atomic mass is 9.94. The van der Waals surface area contributed by atoms with Crippen molar-refractivity contribution in [1.82, 2.24) is 9.80 Å². The van der Waals surface area contributed by atoms with Crippen molar-refractivity contribution in [3.8, 4) is 5.75 Å². The fourth-order valence-corrected chi connectivity index (χ4v) is 5.31. The average molecular weight is 572 g/mol. The molecular weight excluding hydrogens is 536 g/mol. The van der Waals surface area contributed by atoms with Crippen molar-refractivity contribution in [2.75, 3.05) is 46.0 Å². The van der Waals surface area contributed by atoms with Crippen LogP contribution in [0.1, 0.15) is 48.9 Å². The van der Waals surface area contributed by atoms with E-state index in [-0.39, 0.29) is 11.3 Å². The van der Waals surface area contributed by atoms with Gasteiger partial charge in [-0.15, -0.1) is 0 Å². The summed E-state index contributed by atoms with van der Waals surface area (Å²) in [6.07, 6.45) is 2.73. The molecule has 7 nitrogen and oxygen atoms in total. The van der Waals surface area contributed by atoms with Gasteiger partial charge in [-0.3, -0.25) is 14.5 Å². The Bertz CT molecular complexity index is 1160. The number of likely N-dealkylation sites (tertiary alicyclic amines) is 1. The predicted molar refractivity (Wildman–Crippen MR) is 147 cm³/mol. The van der Waals surface area contributed by atoms with Crippen LogP contribution >= 0.6 is 15.9 Å². The molecule has 1 unspecified atom stereocenters. The number of carbonyl (C=O) groups is 2. The molecule has 0 aromatic heterocycles. The Balaban J connectivity index is 1.65. The maximum atomic E-state index is 13.3. The zero-order valence-electron chi connectivity index (χ0n) is 21.5. The molecule has 0 radical (unpaired) electrons. The topological polar surface area (TPSA) is 79.3 Å². The number of ether oxygens (including phenoxy) is 2. The van der Waals surface area contributed by atoms with Crippen molar-refractivity contribution < 1.29 is 24.2 Å². The Morgan fingerprint density at radius 3 is 2.59 bits per heavy atom. The summed E-state index contributed by atoms with van der Waals surface area (Å²) in [6, 6.07) is 12.3. The molecule has 1 N–H and O–H groups in total. The number of aryl methyl sites for hydroxylation is 1. The van der Waals surface area contributed by atoms with Crippen LogP contribution < -0.4 is 4.74 Å². The number of aliphatic hydroxyl groups is 1. The van der Waals surface area contributed by atoms with E-state index < -0.39 is 17.7 Å². The first-order valence-electron chi connectivity index (χ1n) is 13.0. The number of aliphatic hydroxyl groups excluding tert-OH is 1. The van der Waals surface area contributed by atoms with Gasteiger partial charge in [0.05, 0.1) is 31.4 Å². The number of rotatable bonds is 10. The number of halogens is 1. The smallest absolute Gasteiger partial charge is 0.295 e. The van der Waals surface area contributed by atoms with Gasteiger partial charge in [-0.2, -0.15) is 0 Å². The number of hydrogen-bond acceptors (Lipinski definition) is 6. The highest BCUT2D eigenvalue weighted by Gasteiger charge is 2.46. The standard InChI is InChI=1S/C29H35BrN2O5/c1-3-4-15-37-23-9-10-24(20(2)18-23)27(33)25-26(21-7-5-8-22(30)19-21)32(29(35)28(25)34)12-6-11-31-13-16-36-17-14-31/h5,7-10,18-19,26,33H,3-4,6,11-17H2,1-2H3/b27-25+. The minimum atomic E-state index is -0.665. The minimum Gasteiger partial charge on any atom is -0.507 e. The highest BCUT2D eigenvalue weighted by molar-refractivity contribution is 9.10. The molecule has 2 saturated heterocycles. The minimum absolute atomic E-state index is 0.122. The van der Waals surface area contributed by atoms with Crippen molar-refractivity contribution in [2.45, 2.75) is 39.2 Å². The number of nitrogens with zero attached hydrogens (tertiary/aromatic N) is 2. The van der Waals surface area contributed by atoms with Crippen LogP contribution in [0.2, 0.25) is 0 Å². The Labute approximate surface area is 227 Å². The van der Waals surface area contributed by atoms with Gasteiger partial charge in [-0.05, 0) is 61.2 Å². The van der Waals surface area contributed by atoms with Crippen molar-refractivity contribution in [3.63, 3.8) is 0 Å². The van der Waals surface area contributed by atoms with Crippen LogP contribution in [0.5, 0.6) is 5.75 Å². The molecule has 1 amide bonds. The van der Waals surface area contributed by atoms with E-state index in [2.05, 4.69) is 27.8 Å². The summed E-state index contributed by atoms with van der Waals surface area (Å²) in [6.45, 7) is 8.99. The molecule has 8 heteroatoms. The highest BCUT2D eigenvalue weighted by atomic mass is 79.9. The average Bonchev–Trinajstić information content (AvgIpc) is 3.14. The Morgan fingerprint density at radius 2 is 1.89 bits per heavy atom. The predicted octanol–water partition coefficient (Wildman–Crippen LogP) is 5.08. The Kier molecular flexibility index (Phi) is 9.40. The van der Waals surface area contributed by atoms with Crippen LogP contribution in [0, 0.1) is 6.92 Å². The van der Waals surface area contributed by atoms with E-state index in [9.17, 15) is 14.7 Å². The van der Waals surface area contributed by atoms with Gasteiger partial charge in [0.25, 0.3) is 11.7 Å². The van der Waals surface area contributed by atoms with Crippen molar-refractivity contribution in [1.29, 1.82) is 0 Å². The van der Waals surface area contributed by atoms with Crippen molar-refractivity contribution in [2.24, 2.45) is 0 Å². The van der Waals surface area contributed by atoms with Crippen LogP contribution in [-0.2, 0) is 14.3 Å². The molecule has 37 heavy (non-hydrogen) atoms. The largest absolute Gasteiger partial charge is 0.507 e. The van der Waals surface area contributed by atoms with E-state index in [0.29, 0.717) is 31.9 Å². The number of morpholine rings is 1. The molecule has 2 heterocycles. The summed E-state index contributed by atoms with van der Waals surface area (Å²) >= 11 is 3.51. The summed E-state index contributed by atoms with van der Waals surface area (Å²) in [5.41, 5.74) is 2.20. The normalized spacial score (nSPS) is 20.0. The van der Waals surface area contributed by atoms with E-state index in [4.69, 9.17) is 9.47 Å². The molecule has 1 atom stereocenters. The zero-order valence-corrected chi connectivity index (χ0v) is 23.1. The van der Waals surface area contributed by atoms with E-state index in [1.807, 2.05) is 37.3 Å². The lowest BCUT2D eigenvalue weighted by molar-refractivity contribution is -0.140. The maximum absolute atomic E-state index is 13.3. The summed E-state index contributed by atoms with van der Waals surface area (Å²) in [5, 5.41) is 11.4. The third kappa shape index (κ3) is 6.43. The molecule has 0 aliphatic carbocycles. The molecule has 198 valence electrons. The molecule has 2 aromatic rings. The van der Waals surface area contributed by atoms with Gasteiger partial charge in [0.15, 0.2) is 0 Å². The SMILES string of the molecule is CCCCOc1ccc(/C(O)=C2\C(=O)C(=O)N(CCCN3CCOCC3)C2c2cccc(Br)c2)c(C)c1. The first-order chi connectivity index (χ1) is 17.9. The van der Waals surface area contributed by atoms with Crippen LogP contribution in [0.3, 0.4) is 0 Å². The number of carbonyl (C=O) groups excluding carboxylic acids is 2. The van der Waals surface area contributed by atoms with Crippen LogP contribution in [0.25, 0.3) is 5.76 Å². The second-order valence-corrected chi connectivity index (χ2v) is 10.4. The Hall–Kier alpha value is -2.68. The number of amides is 1. The first-order valence-corrected chi connectivity index (χ1v) is 13.8. The maximum Gasteiger partial charge on any atom is 0.295 e. The molecule has 0 bridgehead atoms. The second kappa shape index (κ2) is 12.7. The van der Waals surface area contributed by atoms with E-state index >= 15 is 0 Å². The third-order valence-electron chi connectivity index (χ3n) is 6.90. The van der Waals surface area contributed by atoms with Gasteiger partial charge in [0.2, 0.25) is 0 Å². The molecule has 2 aliphatic heterocycles. The van der Waals surface area contributed by atoms with Gasteiger partial charge >= 0.3 is 0 Å². The number of Topliss-reactive ketones (excluding diaryl/α,β-unsaturated/α-hetero) is 1. The number of benzene rings is 2. The Morgan fingerprint density at radius 1 is 1.11 bits per heavy atom. The summed E-state index contributed by atoms with van der Waals surface area (Å²) in [7, 11) is 0. The zero-order chi connectivity index (χ0) is 26.4. The lowest BCUT2D eigenvalue weighted by Crippen LogP contribution is -2.38. The quantitative estimate of drug-likeness (QED) is 0.186. The van der Waals surface area contributed by atoms with Crippen LogP contribution in [0.15, 0.2) is 52.5 Å². The van der Waals surface area contributed by atoms with Crippen molar-refractivity contribution in [3.05, 3.63) is 69.2 Å². The molecule has 0 saturated carbocycles. The molecule has 4 rings (SSSR count). The molecular formula is C29H35BrN2O5. The van der Waals surface area contributed by atoms with E-state index in [0.717, 1.165) is 60.2 Å². The van der Waals surface area contributed by atoms with Gasteiger partial charge in [0.1, 0.15) is 11.5 Å². The summed E-state index contributed by atoms with van der Waals surface area (Å²) < 4.78 is 12.1. The number of hydrogen-bond donors (Lipinski definition) is 1. The first kappa shape index (κ1) is 27.4. The van der Waals surface area contributed by atoms with E-state index in [1.54, 1.807) is 17.0 Å². The molecule has 2 aromatic carbocycles. The molecule has 2 aliphatic rings. The second-order valence-electron chi connectivity index (χ2n) is 9.53. The van der Waals surface area contributed by atoms with Crippen LogP contribution in [-0.4, -0.2) is 72.6 Å². The number of unbranched alkanes of at least 4 members (excludes halogenated alkanes) is 1. The molecule has 2 fully saturated rings. The highest BCUT2D eigenvalue weighted by Crippen LogP contribution is 2.40. The van der Waals surface area contributed by atoms with Gasteiger partial charge in [-0.1, -0.05) is 41.4 Å². The number of ketones is 1. The molecule has 0 spiro atoms. The fraction of sp³-hybridized carbons (Fsp3) is 0.448. The lowest BCUT2D eigenvalue weighted by Gasteiger charge is -2.29. The summed E-state index contributed by atoms with van der Waals surface area (Å²) in [4.78, 5) is 30.5. The van der Waals surface area contributed by atoms with Crippen LogP contribution in [0.4, 0.5) is 0 Å². The fourth-order valence-electron chi connectivity index (χ4n) is 4.89. The van der Waals surface area contributed by atoms with Gasteiger partial charge < -0.3 is 19.5 Å². The summed E-state index contributed by atoms with van der Waals surface area (Å²) in [5.74, 6) is -0.673. The van der Waals surface area contributed by atoms with E-state index in [1.165, 1.54) is 0 Å². The third-order valence-corrected chi connectivity index (χ3v) is 7.39. The van der Waals surface area contributed by atoms with Gasteiger partial charge in [0, 0.05) is 36.2 Å².